The minimum Gasteiger partial charge on any atom is -0.351 e. The molecule has 5 heteroatoms. The zero-order valence-electron chi connectivity index (χ0n) is 11.8. The lowest BCUT2D eigenvalue weighted by Crippen LogP contribution is -2.25. The highest BCUT2D eigenvalue weighted by Gasteiger charge is 2.09. The van der Waals surface area contributed by atoms with Crippen molar-refractivity contribution < 1.29 is 4.79 Å². The summed E-state index contributed by atoms with van der Waals surface area (Å²) in [6.45, 7) is 0.524. The highest BCUT2D eigenvalue weighted by Crippen LogP contribution is 2.14. The van der Waals surface area contributed by atoms with Gasteiger partial charge in [0.05, 0.1) is 4.88 Å². The fourth-order valence-electron chi connectivity index (χ4n) is 2.20. The van der Waals surface area contributed by atoms with E-state index in [1.54, 1.807) is 24.5 Å². The summed E-state index contributed by atoms with van der Waals surface area (Å²) in [4.78, 5) is 28.6. The topological polar surface area (TPSA) is 59.1 Å². The van der Waals surface area contributed by atoms with Gasteiger partial charge in [-0.25, -0.2) is 0 Å². The van der Waals surface area contributed by atoms with Gasteiger partial charge in [0.1, 0.15) is 0 Å². The summed E-state index contributed by atoms with van der Waals surface area (Å²) in [7, 11) is 0. The van der Waals surface area contributed by atoms with Gasteiger partial charge in [-0.05, 0) is 41.6 Å². The van der Waals surface area contributed by atoms with Crippen molar-refractivity contribution in [2.75, 3.05) is 6.54 Å². The molecule has 0 fully saturated rings. The quantitative estimate of drug-likeness (QED) is 0.806. The van der Waals surface area contributed by atoms with Crippen LogP contribution in [0, 0.1) is 0 Å². The second kappa shape index (κ2) is 6.49. The van der Waals surface area contributed by atoms with Gasteiger partial charge >= 0.3 is 0 Å². The second-order valence-corrected chi connectivity index (χ2v) is 5.86. The summed E-state index contributed by atoms with van der Waals surface area (Å²) in [5.41, 5.74) is 1.11. The van der Waals surface area contributed by atoms with Crippen molar-refractivity contribution >= 4 is 28.0 Å². The maximum Gasteiger partial charge on any atom is 0.261 e. The van der Waals surface area contributed by atoms with Gasteiger partial charge in [-0.1, -0.05) is 29.5 Å². The largest absolute Gasteiger partial charge is 0.351 e. The number of amides is 1. The van der Waals surface area contributed by atoms with Crippen molar-refractivity contribution in [3.63, 3.8) is 0 Å². The van der Waals surface area contributed by atoms with Crippen molar-refractivity contribution in [2.24, 2.45) is 0 Å². The summed E-state index contributed by atoms with van der Waals surface area (Å²) >= 11 is 0.984. The number of fused-ring (bicyclic) bond motifs is 1. The molecule has 4 nitrogen and oxygen atoms in total. The molecule has 0 radical (unpaired) electrons. The Balaban J connectivity index is 1.71. The van der Waals surface area contributed by atoms with Gasteiger partial charge < -0.3 is 5.32 Å². The van der Waals surface area contributed by atoms with Gasteiger partial charge in [0.2, 0.25) is 4.74 Å². The van der Waals surface area contributed by atoms with Gasteiger partial charge in [-0.2, -0.15) is 0 Å². The number of nitrogens with one attached hydrogen (secondary N) is 1. The average molecular weight is 310 g/mol. The number of pyridine rings is 1. The Bertz CT molecular complexity index is 859. The van der Waals surface area contributed by atoms with Gasteiger partial charge in [-0.3, -0.25) is 14.6 Å². The lowest BCUT2D eigenvalue weighted by molar-refractivity contribution is 0.0958. The summed E-state index contributed by atoms with van der Waals surface area (Å²) in [6.07, 6.45) is 4.19. The lowest BCUT2D eigenvalue weighted by Gasteiger charge is -2.05. The van der Waals surface area contributed by atoms with Crippen LogP contribution in [0.5, 0.6) is 0 Å². The predicted octanol–water partition coefficient (Wildman–Crippen LogP) is 2.63. The van der Waals surface area contributed by atoms with Gasteiger partial charge in [0.15, 0.2) is 0 Å². The first-order valence-corrected chi connectivity index (χ1v) is 7.76. The van der Waals surface area contributed by atoms with Crippen LogP contribution in [0.4, 0.5) is 0 Å². The number of benzene rings is 1. The molecule has 2 aromatic heterocycles. The molecule has 0 aliphatic carbocycles. The number of rotatable bonds is 4. The van der Waals surface area contributed by atoms with E-state index < -0.39 is 0 Å². The van der Waals surface area contributed by atoms with Crippen molar-refractivity contribution in [1.29, 1.82) is 0 Å². The van der Waals surface area contributed by atoms with Crippen LogP contribution in [-0.4, -0.2) is 17.4 Å². The van der Waals surface area contributed by atoms with E-state index in [2.05, 4.69) is 10.3 Å². The highest BCUT2D eigenvalue weighted by molar-refractivity contribution is 7.12. The van der Waals surface area contributed by atoms with Crippen LogP contribution in [0.25, 0.3) is 10.8 Å². The first kappa shape index (κ1) is 14.4. The number of carbonyl (C=O) groups is 1. The molecule has 3 aromatic rings. The lowest BCUT2D eigenvalue weighted by atomic mass is 10.2. The fraction of sp³-hybridized carbons (Fsp3) is 0.118. The van der Waals surface area contributed by atoms with Crippen molar-refractivity contribution in [2.45, 2.75) is 6.42 Å². The predicted molar refractivity (Wildman–Crippen MR) is 88.4 cm³/mol. The summed E-state index contributed by atoms with van der Waals surface area (Å²) in [5.74, 6) is -0.207. The molecule has 0 saturated heterocycles. The smallest absolute Gasteiger partial charge is 0.261 e. The molecule has 1 aromatic carbocycles. The van der Waals surface area contributed by atoms with Crippen LogP contribution in [0.2, 0.25) is 0 Å². The number of hydrogen-bond donors (Lipinski definition) is 1. The van der Waals surface area contributed by atoms with E-state index in [9.17, 15) is 9.59 Å². The average Bonchev–Trinajstić information content (AvgIpc) is 2.56. The maximum atomic E-state index is 12.2. The van der Waals surface area contributed by atoms with Crippen LogP contribution >= 0.6 is 11.3 Å². The van der Waals surface area contributed by atoms with E-state index in [4.69, 9.17) is 0 Å². The third-order valence-electron chi connectivity index (χ3n) is 3.34. The minimum atomic E-state index is -0.207. The van der Waals surface area contributed by atoms with Crippen LogP contribution in [-0.2, 0) is 6.42 Å². The van der Waals surface area contributed by atoms with Crippen molar-refractivity contribution in [3.8, 4) is 0 Å². The molecule has 2 heterocycles. The third-order valence-corrected chi connectivity index (χ3v) is 4.27. The standard InChI is InChI=1S/C17H14N2O2S/c20-16(19-10-7-12-5-8-18-9-6-12)15-11-13-3-1-2-4-14(13)17(21)22-15/h1-6,8-9,11H,7,10H2,(H,19,20). The number of hydrogen-bond acceptors (Lipinski definition) is 4. The molecule has 0 atom stereocenters. The molecule has 22 heavy (non-hydrogen) atoms. The van der Waals surface area contributed by atoms with E-state index in [0.717, 1.165) is 28.7 Å². The van der Waals surface area contributed by atoms with E-state index in [1.165, 1.54) is 0 Å². The Morgan fingerprint density at radius 1 is 1.14 bits per heavy atom. The van der Waals surface area contributed by atoms with Crippen LogP contribution < -0.4 is 10.1 Å². The molecule has 0 spiro atoms. The van der Waals surface area contributed by atoms with Crippen molar-refractivity contribution in [3.05, 3.63) is 74.8 Å². The Kier molecular flexibility index (Phi) is 4.25. The summed E-state index contributed by atoms with van der Waals surface area (Å²) in [6, 6.07) is 12.9. The molecule has 1 N–H and O–H groups in total. The Morgan fingerprint density at radius 2 is 1.91 bits per heavy atom. The molecular formula is C17H14N2O2S. The normalized spacial score (nSPS) is 10.5. The van der Waals surface area contributed by atoms with Gasteiger partial charge in [0.25, 0.3) is 5.91 Å². The number of nitrogens with zero attached hydrogens (tertiary/aromatic N) is 1. The maximum absolute atomic E-state index is 12.2. The Labute approximate surface area is 131 Å². The second-order valence-electron chi connectivity index (χ2n) is 4.85. The molecule has 0 aliphatic rings. The van der Waals surface area contributed by atoms with E-state index in [0.29, 0.717) is 16.8 Å². The summed E-state index contributed by atoms with van der Waals surface area (Å²) in [5, 5.41) is 4.30. The molecule has 0 saturated carbocycles. The molecule has 0 aliphatic heterocycles. The molecule has 3 rings (SSSR count). The van der Waals surface area contributed by atoms with Gasteiger partial charge in [-0.15, -0.1) is 0 Å². The zero-order chi connectivity index (χ0) is 15.4. The number of aromatic nitrogens is 1. The summed E-state index contributed by atoms with van der Waals surface area (Å²) < 4.78 is -0.0858. The van der Waals surface area contributed by atoms with Gasteiger partial charge in [0, 0.05) is 24.3 Å². The van der Waals surface area contributed by atoms with E-state index in [1.807, 2.05) is 30.3 Å². The molecule has 1 amide bonds. The zero-order valence-corrected chi connectivity index (χ0v) is 12.6. The minimum absolute atomic E-state index is 0.0858. The molecule has 110 valence electrons. The Morgan fingerprint density at radius 3 is 2.73 bits per heavy atom. The van der Waals surface area contributed by atoms with Crippen LogP contribution in [0.1, 0.15) is 15.2 Å². The SMILES string of the molecule is O=C(NCCc1ccncc1)c1cc2ccccc2c(=O)s1. The Hall–Kier alpha value is -2.53. The fourth-order valence-corrected chi connectivity index (χ4v) is 3.05. The first-order chi connectivity index (χ1) is 10.7. The number of carbonyl (C=O) groups excluding carboxylic acids is 1. The van der Waals surface area contributed by atoms with E-state index in [-0.39, 0.29) is 10.6 Å². The monoisotopic (exact) mass is 310 g/mol. The highest BCUT2D eigenvalue weighted by atomic mass is 32.1. The molecule has 0 unspecified atom stereocenters. The van der Waals surface area contributed by atoms with Crippen LogP contribution in [0.3, 0.4) is 0 Å². The molecular weight excluding hydrogens is 296 g/mol. The molecule has 0 bridgehead atoms. The van der Waals surface area contributed by atoms with Crippen molar-refractivity contribution in [1.82, 2.24) is 10.3 Å². The first-order valence-electron chi connectivity index (χ1n) is 6.94. The van der Waals surface area contributed by atoms with E-state index >= 15 is 0 Å². The van der Waals surface area contributed by atoms with Crippen LogP contribution in [0.15, 0.2) is 59.7 Å². The third kappa shape index (κ3) is 3.20.